The smallest absolute Gasteiger partial charge is 0.161 e. The monoisotopic (exact) mass is 250 g/mol. The van der Waals surface area contributed by atoms with Gasteiger partial charge in [0.15, 0.2) is 11.5 Å². The number of ether oxygens (including phenoxy) is 2. The van der Waals surface area contributed by atoms with Crippen LogP contribution in [0.25, 0.3) is 0 Å². The highest BCUT2D eigenvalue weighted by Gasteiger charge is 2.16. The molecule has 0 amide bonds. The molecule has 0 radical (unpaired) electrons. The predicted octanol–water partition coefficient (Wildman–Crippen LogP) is 1.06. The van der Waals surface area contributed by atoms with Gasteiger partial charge in [0.05, 0.1) is 14.2 Å². The fourth-order valence-electron chi connectivity index (χ4n) is 2.50. The minimum Gasteiger partial charge on any atom is -0.493 e. The van der Waals surface area contributed by atoms with E-state index in [4.69, 9.17) is 15.2 Å². The zero-order chi connectivity index (χ0) is 13.0. The van der Waals surface area contributed by atoms with Crippen LogP contribution >= 0.6 is 0 Å². The van der Waals surface area contributed by atoms with E-state index in [0.717, 1.165) is 50.5 Å². The predicted molar refractivity (Wildman–Crippen MR) is 72.4 cm³/mol. The van der Waals surface area contributed by atoms with Crippen molar-refractivity contribution in [3.8, 4) is 11.5 Å². The van der Waals surface area contributed by atoms with Crippen LogP contribution in [-0.2, 0) is 12.8 Å². The number of methoxy groups -OCH3 is 2. The zero-order valence-corrected chi connectivity index (χ0v) is 11.2. The number of benzene rings is 1. The Morgan fingerprint density at radius 1 is 1.06 bits per heavy atom. The van der Waals surface area contributed by atoms with Crippen LogP contribution in [0.5, 0.6) is 11.5 Å². The van der Waals surface area contributed by atoms with Crippen LogP contribution in [0, 0.1) is 0 Å². The van der Waals surface area contributed by atoms with E-state index in [0.29, 0.717) is 0 Å². The molecule has 0 spiro atoms. The second-order valence-corrected chi connectivity index (χ2v) is 4.61. The lowest BCUT2D eigenvalue weighted by molar-refractivity contribution is 0.295. The van der Waals surface area contributed by atoms with E-state index in [1.807, 2.05) is 0 Å². The van der Waals surface area contributed by atoms with Gasteiger partial charge in [0.25, 0.3) is 0 Å². The molecule has 100 valence electrons. The third-order valence-corrected chi connectivity index (χ3v) is 3.55. The largest absolute Gasteiger partial charge is 0.493 e. The summed E-state index contributed by atoms with van der Waals surface area (Å²) in [5.74, 6) is 1.65. The molecule has 1 heterocycles. The third kappa shape index (κ3) is 2.76. The molecule has 0 unspecified atom stereocenters. The van der Waals surface area contributed by atoms with Gasteiger partial charge < -0.3 is 20.1 Å². The van der Waals surface area contributed by atoms with Crippen molar-refractivity contribution >= 4 is 0 Å². The average molecular weight is 250 g/mol. The van der Waals surface area contributed by atoms with E-state index in [1.165, 1.54) is 11.1 Å². The van der Waals surface area contributed by atoms with E-state index in [9.17, 15) is 0 Å². The van der Waals surface area contributed by atoms with Crippen molar-refractivity contribution in [3.63, 3.8) is 0 Å². The van der Waals surface area contributed by atoms with Crippen molar-refractivity contribution in [1.82, 2.24) is 4.90 Å². The van der Waals surface area contributed by atoms with E-state index >= 15 is 0 Å². The van der Waals surface area contributed by atoms with E-state index in [-0.39, 0.29) is 0 Å². The molecule has 0 fully saturated rings. The highest BCUT2D eigenvalue weighted by Crippen LogP contribution is 2.32. The Hall–Kier alpha value is -1.26. The van der Waals surface area contributed by atoms with Crippen LogP contribution in [0.4, 0.5) is 0 Å². The second-order valence-electron chi connectivity index (χ2n) is 4.61. The van der Waals surface area contributed by atoms with Crippen molar-refractivity contribution in [1.29, 1.82) is 0 Å². The summed E-state index contributed by atoms with van der Waals surface area (Å²) in [6.07, 6.45) is 2.10. The number of fused-ring (bicyclic) bond motifs is 1. The minimum atomic E-state index is 0.725. The molecule has 0 bridgehead atoms. The molecule has 0 aromatic heterocycles. The standard InChI is InChI=1S/C14H22N2O2/c1-17-13-9-11-3-6-16(8-5-15)7-4-12(11)10-14(13)18-2/h9-10H,3-8,15H2,1-2H3. The van der Waals surface area contributed by atoms with Crippen LogP contribution < -0.4 is 15.2 Å². The quantitative estimate of drug-likeness (QED) is 0.868. The van der Waals surface area contributed by atoms with Gasteiger partial charge in [-0.2, -0.15) is 0 Å². The van der Waals surface area contributed by atoms with Gasteiger partial charge in [-0.25, -0.2) is 0 Å². The number of hydrogen-bond donors (Lipinski definition) is 1. The van der Waals surface area contributed by atoms with Crippen molar-refractivity contribution < 1.29 is 9.47 Å². The molecule has 1 aliphatic heterocycles. The normalized spacial score (nSPS) is 15.9. The summed E-state index contributed by atoms with van der Waals surface area (Å²) < 4.78 is 10.7. The van der Waals surface area contributed by atoms with Gasteiger partial charge in [-0.05, 0) is 36.1 Å². The Kier molecular flexibility index (Phi) is 4.44. The lowest BCUT2D eigenvalue weighted by Crippen LogP contribution is -2.31. The van der Waals surface area contributed by atoms with E-state index in [2.05, 4.69) is 17.0 Å². The molecule has 18 heavy (non-hydrogen) atoms. The zero-order valence-electron chi connectivity index (χ0n) is 11.2. The molecule has 0 saturated heterocycles. The number of hydrogen-bond acceptors (Lipinski definition) is 4. The van der Waals surface area contributed by atoms with Crippen molar-refractivity contribution in [2.45, 2.75) is 12.8 Å². The first-order valence-corrected chi connectivity index (χ1v) is 6.44. The number of nitrogens with two attached hydrogens (primary N) is 1. The van der Waals surface area contributed by atoms with Gasteiger partial charge in [-0.1, -0.05) is 0 Å². The highest BCUT2D eigenvalue weighted by molar-refractivity contribution is 5.48. The van der Waals surface area contributed by atoms with Crippen molar-refractivity contribution in [3.05, 3.63) is 23.3 Å². The summed E-state index contributed by atoms with van der Waals surface area (Å²) in [4.78, 5) is 2.42. The summed E-state index contributed by atoms with van der Waals surface area (Å²) in [5.41, 5.74) is 8.36. The molecule has 1 aromatic carbocycles. The number of rotatable bonds is 4. The summed E-state index contributed by atoms with van der Waals surface area (Å²) >= 11 is 0. The van der Waals surface area contributed by atoms with Gasteiger partial charge in [0.1, 0.15) is 0 Å². The van der Waals surface area contributed by atoms with Crippen LogP contribution in [0.1, 0.15) is 11.1 Å². The van der Waals surface area contributed by atoms with Gasteiger partial charge in [0, 0.05) is 26.2 Å². The molecule has 2 rings (SSSR count). The van der Waals surface area contributed by atoms with Gasteiger partial charge in [0.2, 0.25) is 0 Å². The maximum absolute atomic E-state index is 5.63. The average Bonchev–Trinajstić information content (AvgIpc) is 2.60. The molecule has 0 atom stereocenters. The first kappa shape index (κ1) is 13.2. The minimum absolute atomic E-state index is 0.725. The molecule has 0 aliphatic carbocycles. The summed E-state index contributed by atoms with van der Waals surface area (Å²) in [5, 5.41) is 0. The highest BCUT2D eigenvalue weighted by atomic mass is 16.5. The summed E-state index contributed by atoms with van der Waals surface area (Å²) in [7, 11) is 3.36. The topological polar surface area (TPSA) is 47.7 Å². The lowest BCUT2D eigenvalue weighted by Gasteiger charge is -2.17. The Labute approximate surface area is 109 Å². The fraction of sp³-hybridized carbons (Fsp3) is 0.571. The third-order valence-electron chi connectivity index (χ3n) is 3.55. The molecule has 1 aliphatic rings. The van der Waals surface area contributed by atoms with Crippen LogP contribution in [0.2, 0.25) is 0 Å². The lowest BCUT2D eigenvalue weighted by atomic mass is 10.0. The van der Waals surface area contributed by atoms with Crippen molar-refractivity contribution in [2.75, 3.05) is 40.4 Å². The summed E-state index contributed by atoms with van der Waals surface area (Å²) in [6, 6.07) is 4.22. The first-order chi connectivity index (χ1) is 8.78. The SMILES string of the molecule is COc1cc2c(cc1OC)CCN(CCN)CC2. The molecule has 4 nitrogen and oxygen atoms in total. The van der Waals surface area contributed by atoms with Crippen LogP contribution in [0.3, 0.4) is 0 Å². The Balaban J connectivity index is 2.22. The maximum atomic E-state index is 5.63. The molecular formula is C14H22N2O2. The van der Waals surface area contributed by atoms with Crippen LogP contribution in [0.15, 0.2) is 12.1 Å². The molecule has 0 saturated carbocycles. The Morgan fingerprint density at radius 2 is 1.56 bits per heavy atom. The van der Waals surface area contributed by atoms with Crippen LogP contribution in [-0.4, -0.2) is 45.3 Å². The first-order valence-electron chi connectivity index (χ1n) is 6.44. The molecule has 2 N–H and O–H groups in total. The Bertz CT molecular complexity index is 372. The molecular weight excluding hydrogens is 228 g/mol. The summed E-state index contributed by atoms with van der Waals surface area (Å²) in [6.45, 7) is 3.84. The second kappa shape index (κ2) is 6.07. The number of nitrogens with zero attached hydrogens (tertiary/aromatic N) is 1. The van der Waals surface area contributed by atoms with Gasteiger partial charge >= 0.3 is 0 Å². The molecule has 4 heteroatoms. The van der Waals surface area contributed by atoms with Gasteiger partial charge in [-0.3, -0.25) is 0 Å². The van der Waals surface area contributed by atoms with Crippen molar-refractivity contribution in [2.24, 2.45) is 5.73 Å². The van der Waals surface area contributed by atoms with Gasteiger partial charge in [-0.15, -0.1) is 0 Å². The van der Waals surface area contributed by atoms with E-state index < -0.39 is 0 Å². The fourth-order valence-corrected chi connectivity index (χ4v) is 2.50. The molecule has 1 aromatic rings. The van der Waals surface area contributed by atoms with E-state index in [1.54, 1.807) is 14.2 Å². The Morgan fingerprint density at radius 3 is 1.94 bits per heavy atom. The maximum Gasteiger partial charge on any atom is 0.161 e.